The Morgan fingerprint density at radius 2 is 1.89 bits per heavy atom. The first kappa shape index (κ1) is 14.7. The summed E-state index contributed by atoms with van der Waals surface area (Å²) in [7, 11) is 1.72. The fourth-order valence-electron chi connectivity index (χ4n) is 2.30. The topological polar surface area (TPSA) is 15.7 Å². The highest BCUT2D eigenvalue weighted by Gasteiger charge is 2.18. The van der Waals surface area contributed by atoms with Crippen LogP contribution in [-0.2, 0) is 11.3 Å². The fourth-order valence-corrected chi connectivity index (χ4v) is 2.52. The lowest BCUT2D eigenvalue weighted by atomic mass is 10.2. The molecule has 0 aliphatic carbocycles. The maximum Gasteiger partial charge on any atom is 0.129 e. The highest BCUT2D eigenvalue weighted by molar-refractivity contribution is 6.31. The van der Waals surface area contributed by atoms with Crippen LogP contribution in [0, 0.1) is 5.82 Å². The summed E-state index contributed by atoms with van der Waals surface area (Å²) in [6.45, 7) is 6.18. The van der Waals surface area contributed by atoms with Crippen molar-refractivity contribution in [2.24, 2.45) is 0 Å². The summed E-state index contributed by atoms with van der Waals surface area (Å²) in [6, 6.07) is 4.86. The molecule has 106 valence electrons. The second kappa shape index (κ2) is 7.20. The third-order valence-corrected chi connectivity index (χ3v) is 3.87. The van der Waals surface area contributed by atoms with Crippen molar-refractivity contribution < 1.29 is 9.13 Å². The third-order valence-electron chi connectivity index (χ3n) is 3.52. The van der Waals surface area contributed by atoms with Crippen LogP contribution in [-0.4, -0.2) is 56.2 Å². The second-order valence-electron chi connectivity index (χ2n) is 4.81. The van der Waals surface area contributed by atoms with Gasteiger partial charge >= 0.3 is 0 Å². The Labute approximate surface area is 118 Å². The van der Waals surface area contributed by atoms with Crippen molar-refractivity contribution >= 4 is 11.6 Å². The first-order chi connectivity index (χ1) is 9.20. The smallest absolute Gasteiger partial charge is 0.129 e. The Kier molecular flexibility index (Phi) is 5.58. The van der Waals surface area contributed by atoms with Crippen molar-refractivity contribution in [1.29, 1.82) is 0 Å². The monoisotopic (exact) mass is 286 g/mol. The Hall–Kier alpha value is -0.680. The lowest BCUT2D eigenvalue weighted by Gasteiger charge is -2.34. The van der Waals surface area contributed by atoms with Gasteiger partial charge in [0.1, 0.15) is 5.82 Å². The van der Waals surface area contributed by atoms with Gasteiger partial charge in [-0.3, -0.25) is 9.80 Å². The van der Waals surface area contributed by atoms with Crippen molar-refractivity contribution in [2.75, 3.05) is 46.4 Å². The predicted octanol–water partition coefficient (Wildman–Crippen LogP) is 2.24. The van der Waals surface area contributed by atoms with Gasteiger partial charge in [-0.1, -0.05) is 17.7 Å². The maximum atomic E-state index is 13.7. The number of hydrogen-bond acceptors (Lipinski definition) is 3. The van der Waals surface area contributed by atoms with Crippen LogP contribution in [0.4, 0.5) is 4.39 Å². The molecule has 0 aromatic heterocycles. The van der Waals surface area contributed by atoms with Crippen LogP contribution >= 0.6 is 11.6 Å². The lowest BCUT2D eigenvalue weighted by Crippen LogP contribution is -2.46. The van der Waals surface area contributed by atoms with E-state index in [4.69, 9.17) is 16.3 Å². The summed E-state index contributed by atoms with van der Waals surface area (Å²) in [6.07, 6.45) is 0. The van der Waals surface area contributed by atoms with Crippen LogP contribution in [0.3, 0.4) is 0 Å². The van der Waals surface area contributed by atoms with Crippen LogP contribution in [0.25, 0.3) is 0 Å². The van der Waals surface area contributed by atoms with Crippen LogP contribution in [0.1, 0.15) is 5.56 Å². The minimum absolute atomic E-state index is 0.214. The molecule has 1 fully saturated rings. The summed E-state index contributed by atoms with van der Waals surface area (Å²) in [4.78, 5) is 4.61. The standard InChI is InChI=1S/C14H20ClFN2O/c1-19-10-9-17-5-7-18(8-6-17)11-12-13(15)3-2-4-14(12)16/h2-4H,5-11H2,1H3. The van der Waals surface area contributed by atoms with Crippen LogP contribution < -0.4 is 0 Å². The van der Waals surface area contributed by atoms with Gasteiger partial charge in [-0.2, -0.15) is 0 Å². The van der Waals surface area contributed by atoms with E-state index >= 15 is 0 Å². The molecule has 0 atom stereocenters. The molecule has 1 aliphatic heterocycles. The molecule has 1 saturated heterocycles. The van der Waals surface area contributed by atoms with Crippen LogP contribution in [0.2, 0.25) is 5.02 Å². The molecule has 1 aromatic carbocycles. The zero-order valence-electron chi connectivity index (χ0n) is 11.2. The molecule has 0 spiro atoms. The van der Waals surface area contributed by atoms with Crippen molar-refractivity contribution in [3.63, 3.8) is 0 Å². The number of piperazine rings is 1. The third kappa shape index (κ3) is 4.14. The molecule has 0 unspecified atom stereocenters. The summed E-state index contributed by atoms with van der Waals surface area (Å²) in [5.41, 5.74) is 0.606. The van der Waals surface area contributed by atoms with Crippen molar-refractivity contribution in [3.8, 4) is 0 Å². The molecule has 1 aliphatic rings. The van der Waals surface area contributed by atoms with Crippen molar-refractivity contribution in [2.45, 2.75) is 6.54 Å². The van der Waals surface area contributed by atoms with E-state index < -0.39 is 0 Å². The number of rotatable bonds is 5. The lowest BCUT2D eigenvalue weighted by molar-refractivity contribution is 0.0933. The minimum Gasteiger partial charge on any atom is -0.383 e. The number of nitrogens with zero attached hydrogens (tertiary/aromatic N) is 2. The van der Waals surface area contributed by atoms with E-state index in [9.17, 15) is 4.39 Å². The van der Waals surface area contributed by atoms with Gasteiger partial charge in [-0.25, -0.2) is 4.39 Å². The van der Waals surface area contributed by atoms with Crippen molar-refractivity contribution in [1.82, 2.24) is 9.80 Å². The van der Waals surface area contributed by atoms with E-state index in [1.54, 1.807) is 19.2 Å². The summed E-state index contributed by atoms with van der Waals surface area (Å²) in [5, 5.41) is 0.516. The van der Waals surface area contributed by atoms with Crippen LogP contribution in [0.15, 0.2) is 18.2 Å². The van der Waals surface area contributed by atoms with Gasteiger partial charge in [0.15, 0.2) is 0 Å². The summed E-state index contributed by atoms with van der Waals surface area (Å²) < 4.78 is 18.8. The molecule has 1 aromatic rings. The minimum atomic E-state index is -0.214. The first-order valence-corrected chi connectivity index (χ1v) is 6.95. The van der Waals surface area contributed by atoms with Crippen molar-refractivity contribution in [3.05, 3.63) is 34.6 Å². The van der Waals surface area contributed by atoms with E-state index in [0.717, 1.165) is 39.3 Å². The van der Waals surface area contributed by atoms with E-state index in [1.165, 1.54) is 6.07 Å². The van der Waals surface area contributed by atoms with Gasteiger partial charge in [0.05, 0.1) is 6.61 Å². The molecule has 2 rings (SSSR count). The van der Waals surface area contributed by atoms with Crippen LogP contribution in [0.5, 0.6) is 0 Å². The Morgan fingerprint density at radius 3 is 2.53 bits per heavy atom. The summed E-state index contributed by atoms with van der Waals surface area (Å²) in [5.74, 6) is -0.214. The van der Waals surface area contributed by atoms with E-state index in [1.807, 2.05) is 0 Å². The molecular formula is C14H20ClFN2O. The average Bonchev–Trinajstić information content (AvgIpc) is 2.42. The zero-order valence-corrected chi connectivity index (χ0v) is 12.0. The highest BCUT2D eigenvalue weighted by Crippen LogP contribution is 2.21. The largest absolute Gasteiger partial charge is 0.383 e. The molecule has 1 heterocycles. The normalized spacial score (nSPS) is 17.8. The number of hydrogen-bond donors (Lipinski definition) is 0. The Balaban J connectivity index is 1.85. The quantitative estimate of drug-likeness (QED) is 0.826. The molecular weight excluding hydrogens is 267 g/mol. The van der Waals surface area contributed by atoms with Gasteiger partial charge in [-0.05, 0) is 12.1 Å². The molecule has 0 bridgehead atoms. The number of methoxy groups -OCH3 is 1. The first-order valence-electron chi connectivity index (χ1n) is 6.57. The molecule has 0 saturated carbocycles. The zero-order chi connectivity index (χ0) is 13.7. The van der Waals surface area contributed by atoms with Gasteiger partial charge in [0.25, 0.3) is 0 Å². The van der Waals surface area contributed by atoms with Gasteiger partial charge < -0.3 is 4.74 Å². The maximum absolute atomic E-state index is 13.7. The molecule has 19 heavy (non-hydrogen) atoms. The van der Waals surface area contributed by atoms with Gasteiger partial charge in [-0.15, -0.1) is 0 Å². The highest BCUT2D eigenvalue weighted by atomic mass is 35.5. The van der Waals surface area contributed by atoms with Gasteiger partial charge in [0.2, 0.25) is 0 Å². The Bertz CT molecular complexity index is 388. The second-order valence-corrected chi connectivity index (χ2v) is 5.22. The predicted molar refractivity (Wildman–Crippen MR) is 75.0 cm³/mol. The van der Waals surface area contributed by atoms with E-state index in [2.05, 4.69) is 9.80 Å². The van der Waals surface area contributed by atoms with Gasteiger partial charge in [0, 0.05) is 57.0 Å². The molecule has 0 amide bonds. The molecule has 5 heteroatoms. The van der Waals surface area contributed by atoms with E-state index in [0.29, 0.717) is 17.1 Å². The Morgan fingerprint density at radius 1 is 1.21 bits per heavy atom. The summed E-state index contributed by atoms with van der Waals surface area (Å²) >= 11 is 6.05. The van der Waals surface area contributed by atoms with E-state index in [-0.39, 0.29) is 5.82 Å². The number of halogens is 2. The molecule has 0 radical (unpaired) electrons. The fraction of sp³-hybridized carbons (Fsp3) is 0.571. The molecule has 0 N–H and O–H groups in total. The molecule has 3 nitrogen and oxygen atoms in total. The number of benzene rings is 1. The SMILES string of the molecule is COCCN1CCN(Cc2c(F)cccc2Cl)CC1. The number of ether oxygens (including phenoxy) is 1. The average molecular weight is 287 g/mol.